The van der Waals surface area contributed by atoms with Crippen LogP contribution in [0.1, 0.15) is 5.56 Å². The zero-order valence-corrected chi connectivity index (χ0v) is 8.87. The summed E-state index contributed by atoms with van der Waals surface area (Å²) in [4.78, 5) is 10.4. The maximum absolute atomic E-state index is 10.4. The molecule has 6 nitrogen and oxygen atoms in total. The molecule has 0 saturated heterocycles. The molecule has 2 aromatic rings. The molecule has 0 saturated carbocycles. The molecule has 1 heterocycles. The first-order valence-corrected chi connectivity index (χ1v) is 4.94. The number of carbonyl (C=O) groups is 1. The lowest BCUT2D eigenvalue weighted by Crippen LogP contribution is -2.07. The molecule has 17 heavy (non-hydrogen) atoms. The second kappa shape index (κ2) is 4.67. The summed E-state index contributed by atoms with van der Waals surface area (Å²) in [6, 6.07) is 6.76. The van der Waals surface area contributed by atoms with Gasteiger partial charge in [-0.1, -0.05) is 0 Å². The van der Waals surface area contributed by atoms with Gasteiger partial charge in [-0.25, -0.2) is 9.48 Å². The third-order valence-corrected chi connectivity index (χ3v) is 2.20. The van der Waals surface area contributed by atoms with Crippen LogP contribution in [-0.4, -0.2) is 26.1 Å². The summed E-state index contributed by atoms with van der Waals surface area (Å²) in [5.41, 5.74) is 2.01. The Morgan fingerprint density at radius 1 is 1.35 bits per heavy atom. The molecule has 0 aliphatic rings. The molecule has 88 valence electrons. The van der Waals surface area contributed by atoms with E-state index in [1.54, 1.807) is 41.3 Å². The Kier molecular flexibility index (Phi) is 3.06. The molecule has 1 amide bonds. The molecule has 0 spiro atoms. The summed E-state index contributed by atoms with van der Waals surface area (Å²) in [6.07, 6.45) is 2.18. The van der Waals surface area contributed by atoms with Gasteiger partial charge >= 0.3 is 6.09 Å². The van der Waals surface area contributed by atoms with Gasteiger partial charge in [0.2, 0.25) is 0 Å². The van der Waals surface area contributed by atoms with Crippen LogP contribution >= 0.6 is 0 Å². The second-order valence-corrected chi connectivity index (χ2v) is 3.43. The van der Waals surface area contributed by atoms with E-state index in [0.29, 0.717) is 5.69 Å². The molecule has 0 unspecified atom stereocenters. The highest BCUT2D eigenvalue weighted by Gasteiger charge is 2.01. The zero-order chi connectivity index (χ0) is 12.3. The second-order valence-electron chi connectivity index (χ2n) is 3.43. The van der Waals surface area contributed by atoms with Gasteiger partial charge < -0.3 is 10.2 Å². The molecule has 0 aliphatic carbocycles. The summed E-state index contributed by atoms with van der Waals surface area (Å²) < 4.78 is 1.61. The minimum absolute atomic E-state index is 0.0569. The quantitative estimate of drug-likeness (QED) is 0.748. The van der Waals surface area contributed by atoms with Crippen LogP contribution < -0.4 is 5.32 Å². The average Bonchev–Trinajstić information content (AvgIpc) is 2.78. The largest absolute Gasteiger partial charge is 0.465 e. The fourth-order valence-corrected chi connectivity index (χ4v) is 1.40. The molecule has 0 aliphatic heterocycles. The lowest BCUT2D eigenvalue weighted by Gasteiger charge is -2.03. The monoisotopic (exact) mass is 233 g/mol. The van der Waals surface area contributed by atoms with Crippen molar-refractivity contribution in [2.75, 3.05) is 5.32 Å². The fourth-order valence-electron chi connectivity index (χ4n) is 1.40. The van der Waals surface area contributed by atoms with Crippen molar-refractivity contribution in [3.8, 4) is 5.69 Å². The van der Waals surface area contributed by atoms with Crippen LogP contribution in [0.3, 0.4) is 0 Å². The maximum atomic E-state index is 10.4. The van der Waals surface area contributed by atoms with Gasteiger partial charge in [0.15, 0.2) is 0 Å². The van der Waals surface area contributed by atoms with Crippen LogP contribution in [0.4, 0.5) is 10.5 Å². The summed E-state index contributed by atoms with van der Waals surface area (Å²) in [7, 11) is 0. The van der Waals surface area contributed by atoms with Gasteiger partial charge in [0.1, 0.15) is 0 Å². The number of hydrogen-bond acceptors (Lipinski definition) is 3. The Balaban J connectivity index is 2.19. The summed E-state index contributed by atoms with van der Waals surface area (Å²) >= 11 is 0. The molecule has 2 rings (SSSR count). The zero-order valence-electron chi connectivity index (χ0n) is 8.87. The predicted molar refractivity (Wildman–Crippen MR) is 61.1 cm³/mol. The van der Waals surface area contributed by atoms with E-state index in [9.17, 15) is 4.79 Å². The highest BCUT2D eigenvalue weighted by atomic mass is 16.4. The number of carboxylic acid groups (broad SMARTS) is 1. The summed E-state index contributed by atoms with van der Waals surface area (Å²) in [6.45, 7) is -0.0569. The third kappa shape index (κ3) is 2.61. The van der Waals surface area contributed by atoms with Gasteiger partial charge in [-0.05, 0) is 24.3 Å². The molecular weight excluding hydrogens is 222 g/mol. The van der Waals surface area contributed by atoms with Crippen molar-refractivity contribution in [2.45, 2.75) is 6.61 Å². The molecule has 0 fully saturated rings. The molecule has 0 radical (unpaired) electrons. The number of nitrogens with one attached hydrogen (secondary N) is 1. The smallest absolute Gasteiger partial charge is 0.409 e. The Hall–Kier alpha value is -2.34. The number of aromatic nitrogens is 2. The van der Waals surface area contributed by atoms with Crippen molar-refractivity contribution < 1.29 is 15.0 Å². The maximum Gasteiger partial charge on any atom is 0.409 e. The van der Waals surface area contributed by atoms with Crippen LogP contribution in [-0.2, 0) is 6.61 Å². The van der Waals surface area contributed by atoms with E-state index < -0.39 is 6.09 Å². The number of aliphatic hydroxyl groups excluding tert-OH is 1. The molecular formula is C11H11N3O3. The van der Waals surface area contributed by atoms with Crippen LogP contribution in [0.25, 0.3) is 5.69 Å². The number of hydrogen-bond donors (Lipinski definition) is 3. The number of nitrogens with zero attached hydrogens (tertiary/aromatic N) is 2. The van der Waals surface area contributed by atoms with E-state index in [-0.39, 0.29) is 6.61 Å². The van der Waals surface area contributed by atoms with Gasteiger partial charge in [0, 0.05) is 17.4 Å². The minimum atomic E-state index is -1.10. The van der Waals surface area contributed by atoms with Crippen molar-refractivity contribution in [3.63, 3.8) is 0 Å². The van der Waals surface area contributed by atoms with Crippen LogP contribution in [0, 0.1) is 0 Å². The molecule has 1 aromatic heterocycles. The van der Waals surface area contributed by atoms with E-state index in [1.165, 1.54) is 0 Å². The van der Waals surface area contributed by atoms with Crippen LogP contribution in [0.2, 0.25) is 0 Å². The number of benzene rings is 1. The van der Waals surface area contributed by atoms with E-state index in [2.05, 4.69) is 10.4 Å². The van der Waals surface area contributed by atoms with Crippen molar-refractivity contribution >= 4 is 11.8 Å². The number of rotatable bonds is 3. The van der Waals surface area contributed by atoms with Gasteiger partial charge in [-0.3, -0.25) is 5.32 Å². The fraction of sp³-hybridized carbons (Fsp3) is 0.0909. The van der Waals surface area contributed by atoms with Crippen molar-refractivity contribution in [1.29, 1.82) is 0 Å². The van der Waals surface area contributed by atoms with Gasteiger partial charge in [0.25, 0.3) is 0 Å². The van der Waals surface area contributed by atoms with Crippen molar-refractivity contribution in [2.24, 2.45) is 0 Å². The molecule has 0 atom stereocenters. The third-order valence-electron chi connectivity index (χ3n) is 2.20. The first kappa shape index (κ1) is 11.2. The van der Waals surface area contributed by atoms with Crippen LogP contribution in [0.5, 0.6) is 0 Å². The van der Waals surface area contributed by atoms with Gasteiger partial charge in [-0.15, -0.1) is 0 Å². The topological polar surface area (TPSA) is 87.4 Å². The molecule has 6 heteroatoms. The lowest BCUT2D eigenvalue weighted by molar-refractivity contribution is 0.209. The first-order chi connectivity index (χ1) is 8.19. The van der Waals surface area contributed by atoms with E-state index >= 15 is 0 Å². The Morgan fingerprint density at radius 2 is 2.06 bits per heavy atom. The van der Waals surface area contributed by atoms with E-state index in [0.717, 1.165) is 11.3 Å². The Morgan fingerprint density at radius 3 is 2.59 bits per heavy atom. The van der Waals surface area contributed by atoms with Crippen LogP contribution in [0.15, 0.2) is 36.7 Å². The minimum Gasteiger partial charge on any atom is -0.465 e. The predicted octanol–water partition coefficient (Wildman–Crippen LogP) is 1.45. The molecule has 1 aromatic carbocycles. The SMILES string of the molecule is O=C(O)Nc1ccc(-n2cc(CO)cn2)cc1. The number of anilines is 1. The number of aliphatic hydroxyl groups is 1. The highest BCUT2D eigenvalue weighted by Crippen LogP contribution is 2.13. The Bertz CT molecular complexity index is 519. The average molecular weight is 233 g/mol. The molecule has 3 N–H and O–H groups in total. The van der Waals surface area contributed by atoms with E-state index in [4.69, 9.17) is 10.2 Å². The lowest BCUT2D eigenvalue weighted by atomic mass is 10.3. The Labute approximate surface area is 97.1 Å². The van der Waals surface area contributed by atoms with Crippen molar-refractivity contribution in [3.05, 3.63) is 42.2 Å². The summed E-state index contributed by atoms with van der Waals surface area (Å²) in [5.74, 6) is 0. The van der Waals surface area contributed by atoms with E-state index in [1.807, 2.05) is 0 Å². The summed E-state index contributed by atoms with van der Waals surface area (Å²) in [5, 5.41) is 23.8. The number of amides is 1. The standard InChI is InChI=1S/C11H11N3O3/c15-7-8-5-12-14(6-8)10-3-1-9(2-4-10)13-11(16)17/h1-6,13,15H,7H2,(H,16,17). The highest BCUT2D eigenvalue weighted by molar-refractivity contribution is 5.82. The normalized spacial score (nSPS) is 10.2. The van der Waals surface area contributed by atoms with Gasteiger partial charge in [-0.2, -0.15) is 5.10 Å². The first-order valence-electron chi connectivity index (χ1n) is 4.94. The van der Waals surface area contributed by atoms with Crippen molar-refractivity contribution in [1.82, 2.24) is 9.78 Å². The van der Waals surface area contributed by atoms with Gasteiger partial charge in [0.05, 0.1) is 18.5 Å². The molecule has 0 bridgehead atoms.